The SMILES string of the molecule is O=C(Nc1ccccc1)Nc1cccc(S(=O)(=O)NCP(=O)(O)Oc2cccnc2Cl)c1.[H-].[Na+]. The number of urea groups is 1. The smallest absolute Gasteiger partial charge is 1.00 e. The molecule has 3 rings (SSSR count). The summed E-state index contributed by atoms with van der Waals surface area (Å²) >= 11 is 5.78. The Morgan fingerprint density at radius 3 is 2.42 bits per heavy atom. The molecule has 1 aromatic heterocycles. The molecule has 1 atom stereocenters. The molecule has 0 aliphatic carbocycles. The van der Waals surface area contributed by atoms with Crippen LogP contribution in [0.1, 0.15) is 1.43 Å². The third-order valence-corrected chi connectivity index (χ3v) is 6.79. The van der Waals surface area contributed by atoms with E-state index in [1.54, 1.807) is 30.3 Å². The maximum absolute atomic E-state index is 12.6. The fourth-order valence-corrected chi connectivity index (χ4v) is 5.20. The van der Waals surface area contributed by atoms with Gasteiger partial charge in [0.15, 0.2) is 10.9 Å². The summed E-state index contributed by atoms with van der Waals surface area (Å²) in [7, 11) is -8.62. The molecular weight excluding hydrogens is 502 g/mol. The molecule has 0 aliphatic heterocycles. The zero-order chi connectivity index (χ0) is 23.2. The molecule has 0 bridgehead atoms. The Morgan fingerprint density at radius 1 is 1.06 bits per heavy atom. The average molecular weight is 521 g/mol. The fourth-order valence-electron chi connectivity index (χ4n) is 2.43. The van der Waals surface area contributed by atoms with E-state index >= 15 is 0 Å². The zero-order valence-electron chi connectivity index (χ0n) is 18.3. The summed E-state index contributed by atoms with van der Waals surface area (Å²) in [6, 6.07) is 16.3. The Balaban J connectivity index is 0.00000289. The molecule has 0 aliphatic rings. The molecule has 3 aromatic rings. The molecule has 0 spiro atoms. The first-order valence-corrected chi connectivity index (χ1v) is 12.6. The van der Waals surface area contributed by atoms with E-state index in [9.17, 15) is 22.7 Å². The number of para-hydroxylation sites is 1. The third-order valence-electron chi connectivity index (χ3n) is 3.85. The number of anilines is 2. The van der Waals surface area contributed by atoms with Crippen LogP contribution < -0.4 is 49.4 Å². The van der Waals surface area contributed by atoms with Crippen LogP contribution in [0.25, 0.3) is 0 Å². The van der Waals surface area contributed by atoms with Crippen molar-refractivity contribution in [2.24, 2.45) is 0 Å². The van der Waals surface area contributed by atoms with Gasteiger partial charge in [0.1, 0.15) is 6.29 Å². The number of carbonyl (C=O) groups excluding carboxylic acids is 1. The van der Waals surface area contributed by atoms with Gasteiger partial charge in [-0.05, 0) is 42.5 Å². The van der Waals surface area contributed by atoms with Crippen LogP contribution in [0.5, 0.6) is 5.75 Å². The van der Waals surface area contributed by atoms with Gasteiger partial charge in [0.25, 0.3) is 0 Å². The number of amides is 2. The molecule has 170 valence electrons. The minimum absolute atomic E-state index is 0. The standard InChI is InChI=1S/C19H18ClN4O6PS.Na.H/c20-18-17(10-5-11-21-18)30-31(26,27)13-22-32(28,29)16-9-4-8-15(12-16)24-19(25)23-14-6-2-1-3-7-14;;/h1-12,22H,13H2,(H,26,27)(H2,23,24,25);;/q;+1;-1. The molecule has 0 saturated carbocycles. The number of pyridine rings is 1. The first-order chi connectivity index (χ1) is 15.1. The topological polar surface area (TPSA) is 147 Å². The molecule has 10 nitrogen and oxygen atoms in total. The van der Waals surface area contributed by atoms with E-state index in [0.717, 1.165) is 0 Å². The van der Waals surface area contributed by atoms with Gasteiger partial charge in [0, 0.05) is 17.6 Å². The van der Waals surface area contributed by atoms with E-state index in [-0.39, 0.29) is 52.5 Å². The van der Waals surface area contributed by atoms with Crippen LogP contribution in [0.3, 0.4) is 0 Å². The molecule has 2 aromatic carbocycles. The fraction of sp³-hybridized carbons (Fsp3) is 0.0526. The predicted molar refractivity (Wildman–Crippen MR) is 122 cm³/mol. The third kappa shape index (κ3) is 8.40. The van der Waals surface area contributed by atoms with Gasteiger partial charge in [-0.3, -0.25) is 0 Å². The Bertz CT molecular complexity index is 1270. The van der Waals surface area contributed by atoms with E-state index in [2.05, 4.69) is 15.6 Å². The number of carbonyl (C=O) groups is 1. The Kier molecular flexibility index (Phi) is 9.89. The van der Waals surface area contributed by atoms with Gasteiger partial charge in [-0.1, -0.05) is 35.9 Å². The number of sulfonamides is 1. The molecule has 0 radical (unpaired) electrons. The first kappa shape index (κ1) is 27.3. The number of rotatable bonds is 8. The van der Waals surface area contributed by atoms with E-state index in [4.69, 9.17) is 16.1 Å². The van der Waals surface area contributed by atoms with Crippen molar-refractivity contribution < 1.29 is 58.2 Å². The van der Waals surface area contributed by atoms with Gasteiger partial charge in [-0.25, -0.2) is 22.8 Å². The van der Waals surface area contributed by atoms with Gasteiger partial charge in [0.05, 0.1) is 4.90 Å². The quantitative estimate of drug-likeness (QED) is 0.197. The van der Waals surface area contributed by atoms with Gasteiger partial charge < -0.3 is 21.5 Å². The van der Waals surface area contributed by atoms with Crippen molar-refractivity contribution in [1.82, 2.24) is 9.71 Å². The molecule has 33 heavy (non-hydrogen) atoms. The van der Waals surface area contributed by atoms with Gasteiger partial charge >= 0.3 is 43.2 Å². The minimum Gasteiger partial charge on any atom is -1.00 e. The predicted octanol–water partition coefficient (Wildman–Crippen LogP) is 0.996. The van der Waals surface area contributed by atoms with E-state index in [1.807, 2.05) is 4.72 Å². The van der Waals surface area contributed by atoms with Crippen LogP contribution in [0.15, 0.2) is 77.8 Å². The van der Waals surface area contributed by atoms with Gasteiger partial charge in [-0.2, -0.15) is 4.72 Å². The summed E-state index contributed by atoms with van der Waals surface area (Å²) < 4.78 is 44.3. The van der Waals surface area contributed by atoms with Crippen molar-refractivity contribution in [2.45, 2.75) is 4.90 Å². The number of benzene rings is 2. The van der Waals surface area contributed by atoms with Gasteiger partial charge in [-0.15, -0.1) is 0 Å². The average Bonchev–Trinajstić information content (AvgIpc) is 2.75. The number of nitrogens with one attached hydrogen (secondary N) is 3. The van der Waals surface area contributed by atoms with Crippen LogP contribution in [-0.2, 0) is 14.6 Å². The largest absolute Gasteiger partial charge is 1.00 e. The second-order valence-corrected chi connectivity index (χ2v) is 10.2. The second kappa shape index (κ2) is 12.0. The number of nitrogens with zero attached hydrogens (tertiary/aromatic N) is 1. The van der Waals surface area contributed by atoms with Crippen molar-refractivity contribution in [1.29, 1.82) is 0 Å². The molecule has 14 heteroatoms. The van der Waals surface area contributed by atoms with E-state index in [1.165, 1.54) is 42.6 Å². The number of aromatic nitrogens is 1. The van der Waals surface area contributed by atoms with E-state index < -0.39 is 29.9 Å². The minimum atomic E-state index is -4.43. The molecule has 1 unspecified atom stereocenters. The summed E-state index contributed by atoms with van der Waals surface area (Å²) in [5.74, 6) is -0.158. The Hall–Kier alpha value is -1.95. The summed E-state index contributed by atoms with van der Waals surface area (Å²) in [5.41, 5.74) is 0.759. The van der Waals surface area contributed by atoms with Crippen molar-refractivity contribution >= 4 is 46.6 Å². The molecule has 1 heterocycles. The van der Waals surface area contributed by atoms with Crippen molar-refractivity contribution in [3.8, 4) is 5.75 Å². The normalized spacial score (nSPS) is 12.7. The van der Waals surface area contributed by atoms with Crippen LogP contribution >= 0.6 is 19.2 Å². The van der Waals surface area contributed by atoms with Crippen LogP contribution in [0, 0.1) is 0 Å². The van der Waals surface area contributed by atoms with Crippen molar-refractivity contribution in [2.75, 3.05) is 16.9 Å². The zero-order valence-corrected chi connectivity index (χ0v) is 21.8. The Morgan fingerprint density at radius 2 is 1.73 bits per heavy atom. The summed E-state index contributed by atoms with van der Waals surface area (Å²) in [4.78, 5) is 25.6. The maximum atomic E-state index is 12.6. The summed E-state index contributed by atoms with van der Waals surface area (Å²) in [6.07, 6.45) is 0.452. The summed E-state index contributed by atoms with van der Waals surface area (Å²) in [5, 5.41) is 4.98. The maximum Gasteiger partial charge on any atom is 1.00 e. The molecule has 4 N–H and O–H groups in total. The molecule has 0 saturated heterocycles. The van der Waals surface area contributed by atoms with Gasteiger partial charge in [0.2, 0.25) is 10.0 Å². The molecule has 2 amide bonds. The first-order valence-electron chi connectivity index (χ1n) is 8.99. The Labute approximate surface area is 219 Å². The van der Waals surface area contributed by atoms with Crippen molar-refractivity contribution in [3.63, 3.8) is 0 Å². The van der Waals surface area contributed by atoms with Crippen LogP contribution in [0.2, 0.25) is 5.15 Å². The van der Waals surface area contributed by atoms with Crippen LogP contribution in [0.4, 0.5) is 16.2 Å². The van der Waals surface area contributed by atoms with Crippen LogP contribution in [-0.4, -0.2) is 30.6 Å². The number of halogens is 1. The number of hydrogen-bond donors (Lipinski definition) is 4. The molecular formula is C19H19ClN4NaO6PS. The van der Waals surface area contributed by atoms with E-state index in [0.29, 0.717) is 5.69 Å². The summed E-state index contributed by atoms with van der Waals surface area (Å²) in [6.45, 7) is 0. The molecule has 0 fully saturated rings. The monoisotopic (exact) mass is 520 g/mol. The number of hydrogen-bond acceptors (Lipinski definition) is 6. The van der Waals surface area contributed by atoms with Crippen molar-refractivity contribution in [3.05, 3.63) is 78.1 Å². The second-order valence-electron chi connectivity index (χ2n) is 6.30.